The number of nitrogens with one attached hydrogen (secondary N) is 1. The topological polar surface area (TPSA) is 81.2 Å². The van der Waals surface area contributed by atoms with Gasteiger partial charge in [-0.05, 0) is 47.9 Å². The number of aromatic nitrogens is 2. The van der Waals surface area contributed by atoms with Crippen LogP contribution in [0.3, 0.4) is 0 Å². The van der Waals surface area contributed by atoms with E-state index in [2.05, 4.69) is 20.0 Å². The molecule has 1 N–H and O–H groups in total. The molecule has 0 saturated heterocycles. The average molecular weight is 365 g/mol. The van der Waals surface area contributed by atoms with Crippen LogP contribution in [0.2, 0.25) is 0 Å². The van der Waals surface area contributed by atoms with Crippen LogP contribution in [0.25, 0.3) is 0 Å². The number of hydrogen-bond donors (Lipinski definition) is 1. The predicted molar refractivity (Wildman–Crippen MR) is 97.0 cm³/mol. The number of amides is 1. The third-order valence-corrected chi connectivity index (χ3v) is 3.78. The van der Waals surface area contributed by atoms with Crippen molar-refractivity contribution in [2.75, 3.05) is 12.4 Å². The van der Waals surface area contributed by atoms with E-state index in [0.717, 1.165) is 11.1 Å². The number of halogens is 1. The highest BCUT2D eigenvalue weighted by Gasteiger charge is 2.12. The first-order valence-electron chi connectivity index (χ1n) is 8.10. The zero-order valence-electron chi connectivity index (χ0n) is 14.5. The van der Waals surface area contributed by atoms with E-state index < -0.39 is 11.9 Å². The molecule has 27 heavy (non-hydrogen) atoms. The van der Waals surface area contributed by atoms with Crippen LogP contribution in [0.15, 0.2) is 60.9 Å². The van der Waals surface area contributed by atoms with E-state index in [0.29, 0.717) is 12.2 Å². The summed E-state index contributed by atoms with van der Waals surface area (Å²) in [6.45, 7) is 0. The molecule has 136 valence electrons. The van der Waals surface area contributed by atoms with Gasteiger partial charge in [0.25, 0.3) is 5.91 Å². The fourth-order valence-electron chi connectivity index (χ4n) is 2.47. The predicted octanol–water partition coefficient (Wildman–Crippen LogP) is 3.25. The molecule has 1 amide bonds. The molecule has 3 aromatic rings. The molecule has 0 atom stereocenters. The van der Waals surface area contributed by atoms with E-state index in [-0.39, 0.29) is 17.1 Å². The average Bonchev–Trinajstić information content (AvgIpc) is 2.69. The summed E-state index contributed by atoms with van der Waals surface area (Å²) in [4.78, 5) is 32.0. The first-order valence-corrected chi connectivity index (χ1v) is 8.10. The van der Waals surface area contributed by atoms with Gasteiger partial charge >= 0.3 is 5.97 Å². The minimum atomic E-state index is -0.550. The SMILES string of the molecule is COC(=O)c1ccnc(C(=O)Nc2ccc(Cc3cccc(F)c3)cn2)c1. The zero-order chi connectivity index (χ0) is 19.2. The summed E-state index contributed by atoms with van der Waals surface area (Å²) in [7, 11) is 1.26. The quantitative estimate of drug-likeness (QED) is 0.702. The highest BCUT2D eigenvalue weighted by atomic mass is 19.1. The van der Waals surface area contributed by atoms with Gasteiger partial charge in [-0.2, -0.15) is 0 Å². The van der Waals surface area contributed by atoms with Gasteiger partial charge in [-0.3, -0.25) is 9.78 Å². The maximum Gasteiger partial charge on any atom is 0.337 e. The van der Waals surface area contributed by atoms with Crippen molar-refractivity contribution in [2.24, 2.45) is 0 Å². The molecule has 2 heterocycles. The Morgan fingerprint density at radius 3 is 2.63 bits per heavy atom. The van der Waals surface area contributed by atoms with Crippen LogP contribution in [0.1, 0.15) is 32.0 Å². The lowest BCUT2D eigenvalue weighted by molar-refractivity contribution is 0.0600. The maximum absolute atomic E-state index is 13.2. The van der Waals surface area contributed by atoms with Crippen LogP contribution in [0.4, 0.5) is 10.2 Å². The fourth-order valence-corrected chi connectivity index (χ4v) is 2.47. The standard InChI is InChI=1S/C20H16FN3O3/c1-27-20(26)15-7-8-22-17(11-15)19(25)24-18-6-5-14(12-23-18)9-13-3-2-4-16(21)10-13/h2-8,10-12H,9H2,1H3,(H,23,24,25). The Kier molecular flexibility index (Phi) is 5.51. The van der Waals surface area contributed by atoms with E-state index in [1.54, 1.807) is 24.4 Å². The number of esters is 1. The van der Waals surface area contributed by atoms with Crippen molar-refractivity contribution in [3.05, 3.63) is 89.1 Å². The number of carbonyl (C=O) groups is 2. The summed E-state index contributed by atoms with van der Waals surface area (Å²) in [5.41, 5.74) is 2.02. The van der Waals surface area contributed by atoms with Gasteiger partial charge in [0.15, 0.2) is 0 Å². The van der Waals surface area contributed by atoms with Gasteiger partial charge < -0.3 is 10.1 Å². The van der Waals surface area contributed by atoms with Gasteiger partial charge in [-0.1, -0.05) is 18.2 Å². The Labute approximate surface area is 155 Å². The van der Waals surface area contributed by atoms with Gasteiger partial charge in [0.05, 0.1) is 12.7 Å². The van der Waals surface area contributed by atoms with Crippen LogP contribution in [-0.2, 0) is 11.2 Å². The van der Waals surface area contributed by atoms with Crippen LogP contribution in [0, 0.1) is 5.82 Å². The maximum atomic E-state index is 13.2. The van der Waals surface area contributed by atoms with Crippen molar-refractivity contribution < 1.29 is 18.7 Å². The molecule has 1 aromatic carbocycles. The van der Waals surface area contributed by atoms with Crippen LogP contribution >= 0.6 is 0 Å². The molecule has 3 rings (SSSR count). The summed E-state index contributed by atoms with van der Waals surface area (Å²) >= 11 is 0. The molecule has 0 saturated carbocycles. The van der Waals surface area contributed by atoms with Crippen molar-refractivity contribution in [3.8, 4) is 0 Å². The molecular formula is C20H16FN3O3. The first kappa shape index (κ1) is 18.2. The van der Waals surface area contributed by atoms with Gasteiger partial charge in [-0.25, -0.2) is 14.2 Å². The number of carbonyl (C=O) groups excluding carboxylic acids is 2. The zero-order valence-corrected chi connectivity index (χ0v) is 14.5. The smallest absolute Gasteiger partial charge is 0.337 e. The molecule has 0 aliphatic carbocycles. The third kappa shape index (κ3) is 4.72. The van der Waals surface area contributed by atoms with Crippen LogP contribution in [0.5, 0.6) is 0 Å². The highest BCUT2D eigenvalue weighted by Crippen LogP contribution is 2.13. The number of nitrogens with zero attached hydrogens (tertiary/aromatic N) is 2. The lowest BCUT2D eigenvalue weighted by Gasteiger charge is -2.07. The molecule has 0 radical (unpaired) electrons. The van der Waals surface area contributed by atoms with E-state index >= 15 is 0 Å². The van der Waals surface area contributed by atoms with Crippen molar-refractivity contribution in [1.29, 1.82) is 0 Å². The minimum Gasteiger partial charge on any atom is -0.465 e. The van der Waals surface area contributed by atoms with Gasteiger partial charge in [0.2, 0.25) is 0 Å². The van der Waals surface area contributed by atoms with Crippen LogP contribution < -0.4 is 5.32 Å². The normalized spacial score (nSPS) is 10.3. The number of pyridine rings is 2. The summed E-state index contributed by atoms with van der Waals surface area (Å²) in [6.07, 6.45) is 3.50. The lowest BCUT2D eigenvalue weighted by atomic mass is 10.1. The highest BCUT2D eigenvalue weighted by molar-refractivity contribution is 6.03. The van der Waals surface area contributed by atoms with Crippen LogP contribution in [-0.4, -0.2) is 29.0 Å². The molecule has 0 aliphatic rings. The minimum absolute atomic E-state index is 0.0727. The summed E-state index contributed by atoms with van der Waals surface area (Å²) in [5.74, 6) is -0.989. The number of hydrogen-bond acceptors (Lipinski definition) is 5. The molecule has 0 bridgehead atoms. The summed E-state index contributed by atoms with van der Waals surface area (Å²) < 4.78 is 17.9. The Bertz CT molecular complexity index is 974. The second-order valence-electron chi connectivity index (χ2n) is 5.73. The summed E-state index contributed by atoms with van der Waals surface area (Å²) in [5, 5.41) is 2.62. The molecule has 7 heteroatoms. The number of ether oxygens (including phenoxy) is 1. The molecule has 0 aliphatic heterocycles. The second-order valence-corrected chi connectivity index (χ2v) is 5.73. The van der Waals surface area contributed by atoms with E-state index in [1.165, 1.54) is 37.6 Å². The molecule has 0 fully saturated rings. The summed E-state index contributed by atoms with van der Waals surface area (Å²) in [6, 6.07) is 12.6. The number of rotatable bonds is 5. The number of methoxy groups -OCH3 is 1. The monoisotopic (exact) mass is 365 g/mol. The number of anilines is 1. The first-order chi connectivity index (χ1) is 13.0. The Morgan fingerprint density at radius 2 is 1.93 bits per heavy atom. The third-order valence-electron chi connectivity index (χ3n) is 3.78. The van der Waals surface area contributed by atoms with Crippen molar-refractivity contribution >= 4 is 17.7 Å². The van der Waals surface area contributed by atoms with Gasteiger partial charge in [0, 0.05) is 12.4 Å². The van der Waals surface area contributed by atoms with Gasteiger partial charge in [-0.15, -0.1) is 0 Å². The largest absolute Gasteiger partial charge is 0.465 e. The molecular weight excluding hydrogens is 349 g/mol. The Morgan fingerprint density at radius 1 is 1.07 bits per heavy atom. The van der Waals surface area contributed by atoms with Crippen molar-refractivity contribution in [3.63, 3.8) is 0 Å². The van der Waals surface area contributed by atoms with E-state index in [1.807, 2.05) is 6.07 Å². The Balaban J connectivity index is 1.67. The second kappa shape index (κ2) is 8.18. The van der Waals surface area contributed by atoms with Crippen molar-refractivity contribution in [2.45, 2.75) is 6.42 Å². The molecule has 0 spiro atoms. The number of benzene rings is 1. The lowest BCUT2D eigenvalue weighted by Crippen LogP contribution is -2.15. The van der Waals surface area contributed by atoms with Crippen molar-refractivity contribution in [1.82, 2.24) is 9.97 Å². The van der Waals surface area contributed by atoms with Gasteiger partial charge in [0.1, 0.15) is 17.3 Å². The fraction of sp³-hybridized carbons (Fsp3) is 0.100. The molecule has 2 aromatic heterocycles. The van der Waals surface area contributed by atoms with E-state index in [4.69, 9.17) is 0 Å². The molecule has 0 unspecified atom stereocenters. The molecule has 6 nitrogen and oxygen atoms in total. The Hall–Kier alpha value is -3.61. The van der Waals surface area contributed by atoms with E-state index in [9.17, 15) is 14.0 Å².